The molecule has 4 heteroatoms. The van der Waals surface area contributed by atoms with E-state index in [9.17, 15) is 0 Å². The number of hydrogen-bond acceptors (Lipinski definition) is 4. The van der Waals surface area contributed by atoms with Crippen LogP contribution in [0.2, 0.25) is 0 Å². The topological polar surface area (TPSA) is 51.6 Å². The summed E-state index contributed by atoms with van der Waals surface area (Å²) in [5.41, 5.74) is 12.3. The molecule has 234 valence electrons. The normalized spacial score (nSPS) is 11.2. The van der Waals surface area contributed by atoms with Crippen molar-refractivity contribution in [1.82, 2.24) is 19.9 Å². The predicted octanol–water partition coefficient (Wildman–Crippen LogP) is 11.6. The van der Waals surface area contributed by atoms with Crippen molar-refractivity contribution in [3.63, 3.8) is 0 Å². The molecule has 0 aliphatic rings. The first-order valence-electron chi connectivity index (χ1n) is 16.7. The first kappa shape index (κ1) is 29.4. The summed E-state index contributed by atoms with van der Waals surface area (Å²) < 4.78 is 0. The van der Waals surface area contributed by atoms with Crippen molar-refractivity contribution in [3.05, 3.63) is 182 Å². The van der Waals surface area contributed by atoms with Gasteiger partial charge in [0.05, 0.1) is 22.6 Å². The maximum atomic E-state index is 5.42. The molecule has 0 saturated carbocycles. The molecule has 0 aliphatic heterocycles. The van der Waals surface area contributed by atoms with Crippen molar-refractivity contribution in [2.45, 2.75) is 0 Å². The summed E-state index contributed by atoms with van der Waals surface area (Å²) >= 11 is 0. The fraction of sp³-hybridized carbons (Fsp3) is 0. The minimum Gasteiger partial charge on any atom is -0.265 e. The van der Waals surface area contributed by atoms with E-state index in [1.54, 1.807) is 0 Å². The Labute approximate surface area is 290 Å². The second kappa shape index (κ2) is 12.7. The zero-order valence-electron chi connectivity index (χ0n) is 27.1. The largest absolute Gasteiger partial charge is 0.265 e. The fourth-order valence-corrected chi connectivity index (χ4v) is 6.79. The van der Waals surface area contributed by atoms with Gasteiger partial charge >= 0.3 is 0 Å². The SMILES string of the molecule is c1ccc(-c2cc(-c3ccc(-c4cccc5c4nc(-c4ccccc4)c4cccc(-c6ccncc6)c45)cc3)nc(-c3ccccc3)n2)cc1. The first-order chi connectivity index (χ1) is 24.8. The van der Waals surface area contributed by atoms with E-state index in [-0.39, 0.29) is 0 Å². The maximum absolute atomic E-state index is 5.42. The highest BCUT2D eigenvalue weighted by molar-refractivity contribution is 6.19. The van der Waals surface area contributed by atoms with Gasteiger partial charge in [0.2, 0.25) is 0 Å². The molecule has 3 aromatic heterocycles. The van der Waals surface area contributed by atoms with Crippen molar-refractivity contribution in [3.8, 4) is 67.4 Å². The number of benzene rings is 6. The Morgan fingerprint density at radius 2 is 0.860 bits per heavy atom. The van der Waals surface area contributed by atoms with E-state index in [1.807, 2.05) is 54.9 Å². The smallest absolute Gasteiger partial charge is 0.160 e. The van der Waals surface area contributed by atoms with Gasteiger partial charge in [-0.1, -0.05) is 152 Å². The van der Waals surface area contributed by atoms with Crippen LogP contribution >= 0.6 is 0 Å². The molecule has 50 heavy (non-hydrogen) atoms. The minimum atomic E-state index is 0.703. The Hall–Kier alpha value is -6.78. The van der Waals surface area contributed by atoms with E-state index in [2.05, 4.69) is 132 Å². The minimum absolute atomic E-state index is 0.703. The first-order valence-corrected chi connectivity index (χ1v) is 16.7. The zero-order chi connectivity index (χ0) is 33.3. The average molecular weight is 639 g/mol. The van der Waals surface area contributed by atoms with Crippen LogP contribution in [-0.2, 0) is 0 Å². The molecule has 9 rings (SSSR count). The summed E-state index contributed by atoms with van der Waals surface area (Å²) in [6.45, 7) is 0. The van der Waals surface area contributed by atoms with Gasteiger partial charge in [0.1, 0.15) is 0 Å². The maximum Gasteiger partial charge on any atom is 0.160 e. The van der Waals surface area contributed by atoms with E-state index >= 15 is 0 Å². The van der Waals surface area contributed by atoms with Gasteiger partial charge < -0.3 is 0 Å². The van der Waals surface area contributed by atoms with Gasteiger partial charge in [0.15, 0.2) is 5.82 Å². The standard InChI is InChI=1S/C46H30N4/c1-4-12-33(13-5-1)41-30-42(49-46(48-41)36-16-8-3-9-17-36)34-24-22-31(23-25-34)38-19-11-21-40-43-37(32-26-28-47-29-27-32)18-10-20-39(43)44(50-45(38)40)35-14-6-2-7-15-35/h1-30H. The van der Waals surface area contributed by atoms with Gasteiger partial charge in [-0.25, -0.2) is 15.0 Å². The molecule has 0 N–H and O–H groups in total. The Morgan fingerprint density at radius 1 is 0.340 bits per heavy atom. The Kier molecular flexibility index (Phi) is 7.45. The molecule has 0 atom stereocenters. The number of para-hydroxylation sites is 1. The van der Waals surface area contributed by atoms with Crippen molar-refractivity contribution >= 4 is 21.7 Å². The average Bonchev–Trinajstić information content (AvgIpc) is 3.21. The van der Waals surface area contributed by atoms with Crippen LogP contribution < -0.4 is 0 Å². The molecule has 0 amide bonds. The van der Waals surface area contributed by atoms with Crippen molar-refractivity contribution < 1.29 is 0 Å². The van der Waals surface area contributed by atoms with Gasteiger partial charge in [-0.15, -0.1) is 0 Å². The lowest BCUT2D eigenvalue weighted by Gasteiger charge is -2.16. The number of nitrogens with zero attached hydrogens (tertiary/aromatic N) is 4. The number of aromatic nitrogens is 4. The van der Waals surface area contributed by atoms with Crippen LogP contribution in [0.4, 0.5) is 0 Å². The number of hydrogen-bond donors (Lipinski definition) is 0. The van der Waals surface area contributed by atoms with Gasteiger partial charge in [-0.3, -0.25) is 4.98 Å². The molecule has 0 spiro atoms. The van der Waals surface area contributed by atoms with E-state index in [1.165, 1.54) is 5.39 Å². The lowest BCUT2D eigenvalue weighted by molar-refractivity contribution is 1.18. The molecular formula is C46H30N4. The summed E-state index contributed by atoms with van der Waals surface area (Å²) in [7, 11) is 0. The molecule has 3 heterocycles. The van der Waals surface area contributed by atoms with Crippen LogP contribution in [0.25, 0.3) is 89.1 Å². The van der Waals surface area contributed by atoms with Crippen molar-refractivity contribution in [2.75, 3.05) is 0 Å². The number of pyridine rings is 2. The molecular weight excluding hydrogens is 609 g/mol. The molecule has 0 radical (unpaired) electrons. The molecule has 4 nitrogen and oxygen atoms in total. The highest BCUT2D eigenvalue weighted by atomic mass is 14.9. The predicted molar refractivity (Wildman–Crippen MR) is 205 cm³/mol. The second-order valence-electron chi connectivity index (χ2n) is 12.3. The number of fused-ring (bicyclic) bond motifs is 3. The van der Waals surface area contributed by atoms with Gasteiger partial charge in [-0.2, -0.15) is 0 Å². The Morgan fingerprint density at radius 3 is 1.52 bits per heavy atom. The van der Waals surface area contributed by atoms with Gasteiger partial charge in [0.25, 0.3) is 0 Å². The zero-order valence-corrected chi connectivity index (χ0v) is 27.1. The molecule has 0 saturated heterocycles. The highest BCUT2D eigenvalue weighted by Gasteiger charge is 2.17. The molecule has 0 aliphatic carbocycles. The molecule has 6 aromatic carbocycles. The van der Waals surface area contributed by atoms with Crippen LogP contribution in [0.1, 0.15) is 0 Å². The van der Waals surface area contributed by atoms with Gasteiger partial charge in [0, 0.05) is 56.4 Å². The highest BCUT2D eigenvalue weighted by Crippen LogP contribution is 2.41. The summed E-state index contributed by atoms with van der Waals surface area (Å²) in [5.74, 6) is 0.703. The molecule has 0 bridgehead atoms. The van der Waals surface area contributed by atoms with Crippen LogP contribution in [0.5, 0.6) is 0 Å². The molecule has 0 unspecified atom stereocenters. The summed E-state index contributed by atoms with van der Waals surface area (Å²) in [6, 6.07) is 58.8. The van der Waals surface area contributed by atoms with E-state index in [4.69, 9.17) is 15.0 Å². The summed E-state index contributed by atoms with van der Waals surface area (Å²) in [5, 5.41) is 3.42. The lowest BCUT2D eigenvalue weighted by Crippen LogP contribution is -1.96. The monoisotopic (exact) mass is 638 g/mol. The quantitative estimate of drug-likeness (QED) is 0.170. The van der Waals surface area contributed by atoms with E-state index < -0.39 is 0 Å². The van der Waals surface area contributed by atoms with Crippen LogP contribution in [0, 0.1) is 0 Å². The Bertz CT molecular complexity index is 2550. The third-order valence-corrected chi connectivity index (χ3v) is 9.21. The van der Waals surface area contributed by atoms with Crippen molar-refractivity contribution in [1.29, 1.82) is 0 Å². The summed E-state index contributed by atoms with van der Waals surface area (Å²) in [4.78, 5) is 19.7. The molecule has 0 fully saturated rings. The lowest BCUT2D eigenvalue weighted by atomic mass is 9.91. The van der Waals surface area contributed by atoms with Crippen LogP contribution in [-0.4, -0.2) is 19.9 Å². The van der Waals surface area contributed by atoms with Gasteiger partial charge in [-0.05, 0) is 34.9 Å². The Balaban J connectivity index is 1.21. The third-order valence-electron chi connectivity index (χ3n) is 9.21. The van der Waals surface area contributed by atoms with Crippen LogP contribution in [0.15, 0.2) is 182 Å². The fourth-order valence-electron chi connectivity index (χ4n) is 6.79. The van der Waals surface area contributed by atoms with E-state index in [0.29, 0.717) is 5.82 Å². The molecule has 9 aromatic rings. The third kappa shape index (κ3) is 5.39. The van der Waals surface area contributed by atoms with Crippen molar-refractivity contribution in [2.24, 2.45) is 0 Å². The summed E-state index contributed by atoms with van der Waals surface area (Å²) in [6.07, 6.45) is 3.71. The van der Waals surface area contributed by atoms with E-state index in [0.717, 1.165) is 77.9 Å². The van der Waals surface area contributed by atoms with Crippen LogP contribution in [0.3, 0.4) is 0 Å². The second-order valence-corrected chi connectivity index (χ2v) is 12.3. The number of rotatable bonds is 6.